The van der Waals surface area contributed by atoms with Crippen molar-refractivity contribution in [3.05, 3.63) is 95.6 Å². The highest BCUT2D eigenvalue weighted by molar-refractivity contribution is 7.99. The van der Waals surface area contributed by atoms with E-state index >= 15 is 0 Å². The second-order valence-electron chi connectivity index (χ2n) is 5.83. The van der Waals surface area contributed by atoms with E-state index in [-0.39, 0.29) is 0 Å². The summed E-state index contributed by atoms with van der Waals surface area (Å²) in [6.45, 7) is 0.495. The lowest BCUT2D eigenvalue weighted by Crippen LogP contribution is -2.14. The van der Waals surface area contributed by atoms with Gasteiger partial charge in [0, 0.05) is 28.3 Å². The fourth-order valence-electron chi connectivity index (χ4n) is 2.47. The van der Waals surface area contributed by atoms with Crippen molar-refractivity contribution in [2.24, 2.45) is 5.73 Å². The number of hydrogen-bond donors (Lipinski definition) is 1. The third-order valence-corrected chi connectivity index (χ3v) is 4.96. The van der Waals surface area contributed by atoms with E-state index in [4.69, 9.17) is 10.5 Å². The maximum absolute atomic E-state index is 13.8. The van der Waals surface area contributed by atoms with Crippen LogP contribution in [0.25, 0.3) is 0 Å². The molecule has 0 bridgehead atoms. The third kappa shape index (κ3) is 5.07. The summed E-state index contributed by atoms with van der Waals surface area (Å²) in [4.78, 5) is 0.980. The average Bonchev–Trinajstić information content (AvgIpc) is 2.66. The molecule has 0 aliphatic heterocycles. The molecule has 0 aromatic heterocycles. The first-order valence-electron chi connectivity index (χ1n) is 8.22. The molecule has 3 aromatic rings. The van der Waals surface area contributed by atoms with Crippen LogP contribution in [0, 0.1) is 11.6 Å². The van der Waals surface area contributed by atoms with Gasteiger partial charge in [-0.25, -0.2) is 8.78 Å². The minimum atomic E-state index is -0.613. The molecule has 0 radical (unpaired) electrons. The number of thioether (sulfide) groups is 1. The zero-order valence-electron chi connectivity index (χ0n) is 14.1. The molecule has 0 saturated heterocycles. The van der Waals surface area contributed by atoms with Crippen LogP contribution in [-0.2, 0) is 6.61 Å². The van der Waals surface area contributed by atoms with Gasteiger partial charge in [-0.1, -0.05) is 42.5 Å². The van der Waals surface area contributed by atoms with Gasteiger partial charge in [-0.2, -0.15) is 0 Å². The monoisotopic (exact) mass is 371 g/mol. The van der Waals surface area contributed by atoms with Crippen molar-refractivity contribution in [1.82, 2.24) is 0 Å². The van der Waals surface area contributed by atoms with Gasteiger partial charge in [-0.3, -0.25) is 0 Å². The van der Waals surface area contributed by atoms with E-state index in [1.54, 1.807) is 0 Å². The van der Waals surface area contributed by atoms with Crippen molar-refractivity contribution in [2.45, 2.75) is 17.5 Å². The smallest absolute Gasteiger partial charge is 0.130 e. The van der Waals surface area contributed by atoms with Crippen molar-refractivity contribution in [3.8, 4) is 5.75 Å². The third-order valence-electron chi connectivity index (χ3n) is 3.85. The molecule has 5 heteroatoms. The van der Waals surface area contributed by atoms with Gasteiger partial charge in [0.25, 0.3) is 0 Å². The maximum atomic E-state index is 13.8. The molecule has 0 heterocycles. The standard InChI is InChI=1S/C21H19F2NOS/c22-16-9-10-19(20(23)11-16)21(24)14-26-18-8-4-7-17(12-18)25-13-15-5-2-1-3-6-15/h1-12,21H,13-14,24H2/t21-/m0/s1. The van der Waals surface area contributed by atoms with E-state index in [2.05, 4.69) is 0 Å². The lowest BCUT2D eigenvalue weighted by atomic mass is 10.1. The lowest BCUT2D eigenvalue weighted by Gasteiger charge is -2.13. The molecule has 26 heavy (non-hydrogen) atoms. The number of ether oxygens (including phenoxy) is 1. The second kappa shape index (κ2) is 8.83. The SMILES string of the molecule is N[C@@H](CSc1cccc(OCc2ccccc2)c1)c1ccc(F)cc1F. The normalized spacial score (nSPS) is 12.0. The minimum absolute atomic E-state index is 0.315. The van der Waals surface area contributed by atoms with Crippen LogP contribution in [0.1, 0.15) is 17.2 Å². The van der Waals surface area contributed by atoms with Crippen LogP contribution in [0.15, 0.2) is 77.7 Å². The van der Waals surface area contributed by atoms with E-state index in [1.165, 1.54) is 23.9 Å². The Hall–Kier alpha value is -2.37. The van der Waals surface area contributed by atoms with Crippen molar-refractivity contribution in [2.75, 3.05) is 5.75 Å². The molecule has 3 aromatic carbocycles. The summed E-state index contributed by atoms with van der Waals surface area (Å²) in [5, 5.41) is 0. The predicted octanol–water partition coefficient (Wildman–Crippen LogP) is 5.34. The van der Waals surface area contributed by atoms with Crippen molar-refractivity contribution in [3.63, 3.8) is 0 Å². The van der Waals surface area contributed by atoms with Gasteiger partial charge in [0.05, 0.1) is 0 Å². The van der Waals surface area contributed by atoms with Gasteiger partial charge in [0.1, 0.15) is 24.0 Å². The molecule has 2 nitrogen and oxygen atoms in total. The van der Waals surface area contributed by atoms with Crippen LogP contribution >= 0.6 is 11.8 Å². The van der Waals surface area contributed by atoms with Crippen molar-refractivity contribution in [1.29, 1.82) is 0 Å². The molecule has 3 rings (SSSR count). The van der Waals surface area contributed by atoms with Crippen molar-refractivity contribution >= 4 is 11.8 Å². The Morgan fingerprint density at radius 3 is 2.50 bits per heavy atom. The Labute approximate surface area is 156 Å². The Kier molecular flexibility index (Phi) is 6.26. The molecule has 0 fully saturated rings. The number of nitrogens with two attached hydrogens (primary N) is 1. The van der Waals surface area contributed by atoms with Gasteiger partial charge < -0.3 is 10.5 Å². The molecular formula is C21H19F2NOS. The molecule has 0 unspecified atom stereocenters. The highest BCUT2D eigenvalue weighted by Crippen LogP contribution is 2.28. The summed E-state index contributed by atoms with van der Waals surface area (Å²) in [6.07, 6.45) is 0. The fourth-order valence-corrected chi connectivity index (χ4v) is 3.40. The molecule has 0 aliphatic carbocycles. The van der Waals surface area contributed by atoms with Crippen molar-refractivity contribution < 1.29 is 13.5 Å². The maximum Gasteiger partial charge on any atom is 0.130 e. The van der Waals surface area contributed by atoms with E-state index in [0.29, 0.717) is 17.9 Å². The highest BCUT2D eigenvalue weighted by atomic mass is 32.2. The van der Waals surface area contributed by atoms with E-state index < -0.39 is 17.7 Å². The summed E-state index contributed by atoms with van der Waals surface area (Å²) in [6, 6.07) is 20.6. The van der Waals surface area contributed by atoms with Crippen LogP contribution in [0.5, 0.6) is 5.75 Å². The lowest BCUT2D eigenvalue weighted by molar-refractivity contribution is 0.305. The first-order chi connectivity index (χ1) is 12.6. The van der Waals surface area contributed by atoms with Crippen LogP contribution in [-0.4, -0.2) is 5.75 Å². The van der Waals surface area contributed by atoms with Crippen LogP contribution in [0.2, 0.25) is 0 Å². The predicted molar refractivity (Wildman–Crippen MR) is 101 cm³/mol. The van der Waals surface area contributed by atoms with E-state index in [1.807, 2.05) is 54.6 Å². The van der Waals surface area contributed by atoms with Gasteiger partial charge in [0.15, 0.2) is 0 Å². The van der Waals surface area contributed by atoms with Gasteiger partial charge in [-0.05, 0) is 29.8 Å². The number of halogens is 2. The molecule has 0 aliphatic rings. The Balaban J connectivity index is 1.58. The number of rotatable bonds is 7. The first-order valence-corrected chi connectivity index (χ1v) is 9.20. The quantitative estimate of drug-likeness (QED) is 0.570. The summed E-state index contributed by atoms with van der Waals surface area (Å²) in [5.74, 6) is 0.0258. The van der Waals surface area contributed by atoms with Crippen LogP contribution in [0.3, 0.4) is 0 Å². The zero-order valence-corrected chi connectivity index (χ0v) is 14.9. The second-order valence-corrected chi connectivity index (χ2v) is 6.93. The van der Waals surface area contributed by atoms with E-state index in [0.717, 1.165) is 22.3 Å². The van der Waals surface area contributed by atoms with Gasteiger partial charge >= 0.3 is 0 Å². The molecule has 0 saturated carbocycles. The fraction of sp³-hybridized carbons (Fsp3) is 0.143. The molecule has 0 spiro atoms. The van der Waals surface area contributed by atoms with Crippen LogP contribution in [0.4, 0.5) is 8.78 Å². The summed E-state index contributed by atoms with van der Waals surface area (Å²) < 4.78 is 32.6. The Morgan fingerprint density at radius 2 is 1.73 bits per heavy atom. The first kappa shape index (κ1) is 18.4. The largest absolute Gasteiger partial charge is 0.489 e. The number of hydrogen-bond acceptors (Lipinski definition) is 3. The van der Waals surface area contributed by atoms with E-state index in [9.17, 15) is 8.78 Å². The molecule has 1 atom stereocenters. The molecule has 2 N–H and O–H groups in total. The average molecular weight is 371 g/mol. The van der Waals surface area contributed by atoms with Gasteiger partial charge in [-0.15, -0.1) is 11.8 Å². The number of benzene rings is 3. The summed E-state index contributed by atoms with van der Waals surface area (Å²) in [7, 11) is 0. The summed E-state index contributed by atoms with van der Waals surface area (Å²) in [5.41, 5.74) is 7.46. The topological polar surface area (TPSA) is 35.2 Å². The Morgan fingerprint density at radius 1 is 0.923 bits per heavy atom. The van der Waals surface area contributed by atoms with Crippen LogP contribution < -0.4 is 10.5 Å². The summed E-state index contributed by atoms with van der Waals surface area (Å²) >= 11 is 1.51. The van der Waals surface area contributed by atoms with Gasteiger partial charge in [0.2, 0.25) is 0 Å². The Bertz CT molecular complexity index is 858. The minimum Gasteiger partial charge on any atom is -0.489 e. The molecular weight excluding hydrogens is 352 g/mol. The highest BCUT2D eigenvalue weighted by Gasteiger charge is 2.13. The molecule has 0 amide bonds. The zero-order chi connectivity index (χ0) is 18.4. The molecule has 134 valence electrons.